The second-order valence-corrected chi connectivity index (χ2v) is 8.36. The van der Waals surface area contributed by atoms with Gasteiger partial charge in [0.15, 0.2) is 0 Å². The molecular weight excluding hydrogens is 435 g/mol. The van der Waals surface area contributed by atoms with Crippen molar-refractivity contribution in [2.75, 3.05) is 13.2 Å². The number of benzene rings is 1. The van der Waals surface area contributed by atoms with Gasteiger partial charge in [-0.15, -0.1) is 0 Å². The number of hydrogen-bond acceptors (Lipinski definition) is 5. The summed E-state index contributed by atoms with van der Waals surface area (Å²) in [4.78, 5) is 23.7. The van der Waals surface area contributed by atoms with Gasteiger partial charge in [-0.1, -0.05) is 24.3 Å². The minimum absolute atomic E-state index is 0.120. The number of alkyl halides is 3. The molecule has 3 aromatic rings. The van der Waals surface area contributed by atoms with E-state index in [0.717, 1.165) is 35.9 Å². The maximum absolute atomic E-state index is 13.7. The Hall–Kier alpha value is -3.36. The van der Waals surface area contributed by atoms with Crippen molar-refractivity contribution >= 4 is 16.7 Å². The fraction of sp³-hybridized carbons (Fsp3) is 0.375. The maximum atomic E-state index is 13.7. The first-order valence-electron chi connectivity index (χ1n) is 10.9. The Morgan fingerprint density at radius 1 is 1.12 bits per heavy atom. The quantitative estimate of drug-likeness (QED) is 0.554. The van der Waals surface area contributed by atoms with Crippen LogP contribution < -0.4 is 9.47 Å². The van der Waals surface area contributed by atoms with Crippen molar-refractivity contribution in [1.82, 2.24) is 14.9 Å². The number of carbonyl (C=O) groups is 1. The zero-order valence-electron chi connectivity index (χ0n) is 17.9. The van der Waals surface area contributed by atoms with Crippen LogP contribution in [-0.2, 0) is 6.18 Å². The summed E-state index contributed by atoms with van der Waals surface area (Å²) in [6, 6.07) is 9.51. The second-order valence-electron chi connectivity index (χ2n) is 8.36. The van der Waals surface area contributed by atoms with E-state index >= 15 is 0 Å². The third-order valence-corrected chi connectivity index (χ3v) is 6.28. The molecule has 0 N–H and O–H groups in total. The lowest BCUT2D eigenvalue weighted by molar-refractivity contribution is -0.137. The zero-order chi connectivity index (χ0) is 23.2. The van der Waals surface area contributed by atoms with Crippen molar-refractivity contribution in [1.29, 1.82) is 0 Å². The average Bonchev–Trinajstić information content (AvgIpc) is 3.39. The Kier molecular flexibility index (Phi) is 5.34. The number of pyridine rings is 2. The van der Waals surface area contributed by atoms with Gasteiger partial charge in [-0.25, -0.2) is 9.97 Å². The SMILES string of the molecule is CCOc1ncc2ccccc2c1C(=O)N1CC2C[C@@H](Oc3ccc(C(F)(F)F)cn3)[C@@H]1C2. The highest BCUT2D eigenvalue weighted by Gasteiger charge is 2.49. The number of rotatable bonds is 5. The first-order chi connectivity index (χ1) is 15.8. The molecule has 2 bridgehead atoms. The first kappa shape index (κ1) is 21.5. The van der Waals surface area contributed by atoms with Gasteiger partial charge in [0.25, 0.3) is 5.91 Å². The van der Waals surface area contributed by atoms with Crippen molar-refractivity contribution in [2.24, 2.45) is 5.92 Å². The summed E-state index contributed by atoms with van der Waals surface area (Å²) in [5.41, 5.74) is -0.402. The molecule has 172 valence electrons. The largest absolute Gasteiger partial charge is 0.477 e. The summed E-state index contributed by atoms with van der Waals surface area (Å²) in [5, 5.41) is 1.61. The fourth-order valence-corrected chi connectivity index (χ4v) is 4.84. The van der Waals surface area contributed by atoms with Crippen LogP contribution in [-0.4, -0.2) is 46.1 Å². The van der Waals surface area contributed by atoms with Gasteiger partial charge in [0.2, 0.25) is 11.8 Å². The number of ether oxygens (including phenoxy) is 2. The molecule has 0 spiro atoms. The summed E-state index contributed by atoms with van der Waals surface area (Å²) in [7, 11) is 0. The number of halogens is 3. The van der Waals surface area contributed by atoms with E-state index in [0.29, 0.717) is 24.6 Å². The van der Waals surface area contributed by atoms with E-state index in [4.69, 9.17) is 9.47 Å². The van der Waals surface area contributed by atoms with Gasteiger partial charge < -0.3 is 14.4 Å². The molecule has 33 heavy (non-hydrogen) atoms. The minimum Gasteiger partial charge on any atom is -0.477 e. The van der Waals surface area contributed by atoms with Crippen LogP contribution in [0.4, 0.5) is 13.2 Å². The number of piperidine rings is 1. The van der Waals surface area contributed by atoms with E-state index in [1.807, 2.05) is 31.2 Å². The summed E-state index contributed by atoms with van der Waals surface area (Å²) in [6.45, 7) is 2.81. The molecule has 2 aliphatic rings. The Morgan fingerprint density at radius 3 is 2.64 bits per heavy atom. The standard InChI is InChI=1S/C24H22F3N3O3/c1-2-32-22-21(17-6-4-3-5-15(17)11-29-22)23(31)30-13-14-9-18(30)19(10-14)33-20-8-7-16(12-28-20)24(25,26)27/h3-8,11-12,14,18-19H,2,9-10,13H2,1H3/t14?,18-,19+/m0/s1. The summed E-state index contributed by atoms with van der Waals surface area (Å²) in [5.74, 6) is 0.501. The molecular formula is C24H22F3N3O3. The summed E-state index contributed by atoms with van der Waals surface area (Å²) in [6.07, 6.45) is -0.832. The van der Waals surface area contributed by atoms with Crippen molar-refractivity contribution in [2.45, 2.75) is 38.1 Å². The number of likely N-dealkylation sites (tertiary alicyclic amines) is 1. The number of hydrogen-bond donors (Lipinski definition) is 0. The molecule has 2 aromatic heterocycles. The van der Waals surface area contributed by atoms with E-state index in [1.165, 1.54) is 6.07 Å². The van der Waals surface area contributed by atoms with Gasteiger partial charge in [0.1, 0.15) is 11.7 Å². The lowest BCUT2D eigenvalue weighted by atomic mass is 10.0. The van der Waals surface area contributed by atoms with Gasteiger partial charge in [0, 0.05) is 35.8 Å². The third-order valence-electron chi connectivity index (χ3n) is 6.28. The highest BCUT2D eigenvalue weighted by Crippen LogP contribution is 2.41. The van der Waals surface area contributed by atoms with Gasteiger partial charge in [-0.05, 0) is 31.7 Å². The maximum Gasteiger partial charge on any atom is 0.417 e. The number of amides is 1. The monoisotopic (exact) mass is 457 g/mol. The fourth-order valence-electron chi connectivity index (χ4n) is 4.84. The Bertz CT molecular complexity index is 1180. The predicted octanol–water partition coefficient (Wildman–Crippen LogP) is 4.73. The molecule has 5 rings (SSSR count). The number of aromatic nitrogens is 2. The number of fused-ring (bicyclic) bond motifs is 3. The normalized spacial score (nSPS) is 22.1. The van der Waals surface area contributed by atoms with Crippen LogP contribution in [0.3, 0.4) is 0 Å². The van der Waals surface area contributed by atoms with Crippen LogP contribution in [0.1, 0.15) is 35.7 Å². The van der Waals surface area contributed by atoms with Crippen LogP contribution >= 0.6 is 0 Å². The topological polar surface area (TPSA) is 64.5 Å². The number of nitrogens with zero attached hydrogens (tertiary/aromatic N) is 3. The molecule has 1 unspecified atom stereocenters. The van der Waals surface area contributed by atoms with Crippen LogP contribution in [0.25, 0.3) is 10.8 Å². The molecule has 1 amide bonds. The van der Waals surface area contributed by atoms with E-state index in [1.54, 1.807) is 11.1 Å². The molecule has 1 saturated heterocycles. The molecule has 9 heteroatoms. The molecule has 0 radical (unpaired) electrons. The minimum atomic E-state index is -4.45. The van der Waals surface area contributed by atoms with Crippen molar-refractivity contribution < 1.29 is 27.4 Å². The lowest BCUT2D eigenvalue weighted by Crippen LogP contribution is -2.47. The van der Waals surface area contributed by atoms with E-state index in [-0.39, 0.29) is 29.9 Å². The third kappa shape index (κ3) is 3.96. The Morgan fingerprint density at radius 2 is 1.94 bits per heavy atom. The number of carbonyl (C=O) groups excluding carboxylic acids is 1. The zero-order valence-corrected chi connectivity index (χ0v) is 17.9. The van der Waals surface area contributed by atoms with Gasteiger partial charge in [-0.3, -0.25) is 4.79 Å². The molecule has 6 nitrogen and oxygen atoms in total. The highest BCUT2D eigenvalue weighted by atomic mass is 19.4. The van der Waals surface area contributed by atoms with E-state index in [2.05, 4.69) is 9.97 Å². The molecule has 1 aliphatic carbocycles. The van der Waals surface area contributed by atoms with E-state index in [9.17, 15) is 18.0 Å². The van der Waals surface area contributed by atoms with Gasteiger partial charge >= 0.3 is 6.18 Å². The summed E-state index contributed by atoms with van der Waals surface area (Å²) >= 11 is 0. The second kappa shape index (κ2) is 8.20. The summed E-state index contributed by atoms with van der Waals surface area (Å²) < 4.78 is 50.0. The van der Waals surface area contributed by atoms with Crippen LogP contribution in [0, 0.1) is 5.92 Å². The Balaban J connectivity index is 1.40. The Labute approximate surface area is 188 Å². The molecule has 1 aromatic carbocycles. The van der Waals surface area contributed by atoms with Crippen LogP contribution in [0.15, 0.2) is 48.8 Å². The van der Waals surface area contributed by atoms with Gasteiger partial charge in [-0.2, -0.15) is 13.2 Å². The predicted molar refractivity (Wildman–Crippen MR) is 114 cm³/mol. The van der Waals surface area contributed by atoms with Crippen molar-refractivity contribution in [3.63, 3.8) is 0 Å². The first-order valence-corrected chi connectivity index (χ1v) is 10.9. The van der Waals surface area contributed by atoms with Crippen molar-refractivity contribution in [3.05, 3.63) is 59.9 Å². The molecule has 1 aliphatic heterocycles. The molecule has 1 saturated carbocycles. The molecule has 3 heterocycles. The average molecular weight is 457 g/mol. The van der Waals surface area contributed by atoms with E-state index < -0.39 is 11.7 Å². The molecule has 3 atom stereocenters. The lowest BCUT2D eigenvalue weighted by Gasteiger charge is -2.33. The smallest absolute Gasteiger partial charge is 0.417 e. The molecule has 2 fully saturated rings. The van der Waals surface area contributed by atoms with Crippen molar-refractivity contribution in [3.8, 4) is 11.8 Å². The highest BCUT2D eigenvalue weighted by molar-refractivity contribution is 6.09. The van der Waals surface area contributed by atoms with Crippen LogP contribution in [0.2, 0.25) is 0 Å². The van der Waals surface area contributed by atoms with Gasteiger partial charge in [0.05, 0.1) is 18.2 Å². The van der Waals surface area contributed by atoms with Crippen LogP contribution in [0.5, 0.6) is 11.8 Å².